The van der Waals surface area contributed by atoms with Gasteiger partial charge in [0.25, 0.3) is 0 Å². The average Bonchev–Trinajstić information content (AvgIpc) is 2.67. The molecule has 2 aromatic heterocycles. The van der Waals surface area contributed by atoms with E-state index in [1.54, 1.807) is 18.6 Å². The molecule has 0 amide bonds. The first-order valence-corrected chi connectivity index (χ1v) is 5.39. The van der Waals surface area contributed by atoms with E-state index >= 15 is 0 Å². The zero-order valence-corrected chi connectivity index (χ0v) is 9.84. The normalized spacial score (nSPS) is 10.4. The van der Waals surface area contributed by atoms with Crippen LogP contribution in [0, 0.1) is 3.57 Å². The van der Waals surface area contributed by atoms with E-state index in [2.05, 4.69) is 44.5 Å². The first-order valence-electron chi connectivity index (χ1n) is 4.31. The molecule has 0 aliphatic carbocycles. The van der Waals surface area contributed by atoms with Gasteiger partial charge in [0.1, 0.15) is 5.82 Å². The molecule has 0 aliphatic rings. The molecule has 0 bridgehead atoms. The summed E-state index contributed by atoms with van der Waals surface area (Å²) in [6.45, 7) is 2.06. The lowest BCUT2D eigenvalue weighted by Gasteiger charge is -2.03. The second kappa shape index (κ2) is 4.04. The molecule has 0 saturated carbocycles. The molecule has 0 saturated heterocycles. The van der Waals surface area contributed by atoms with Gasteiger partial charge in [-0.1, -0.05) is 6.92 Å². The van der Waals surface area contributed by atoms with Gasteiger partial charge < -0.3 is 0 Å². The predicted molar refractivity (Wildman–Crippen MR) is 61.2 cm³/mol. The molecule has 0 atom stereocenters. The van der Waals surface area contributed by atoms with Gasteiger partial charge in [-0.3, -0.25) is 4.57 Å². The molecule has 72 valence electrons. The van der Waals surface area contributed by atoms with E-state index < -0.39 is 0 Å². The van der Waals surface area contributed by atoms with Crippen LogP contribution in [0.2, 0.25) is 0 Å². The lowest BCUT2D eigenvalue weighted by molar-refractivity contribution is 0.834. The fourth-order valence-corrected chi connectivity index (χ4v) is 1.49. The molecule has 4 nitrogen and oxygen atoms in total. The number of halogens is 1. The van der Waals surface area contributed by atoms with Crippen molar-refractivity contribution in [1.82, 2.24) is 19.5 Å². The molecule has 0 spiro atoms. The highest BCUT2D eigenvalue weighted by Gasteiger charge is 2.04. The zero-order valence-electron chi connectivity index (χ0n) is 7.68. The number of nitrogens with zero attached hydrogens (tertiary/aromatic N) is 4. The molecule has 0 N–H and O–H groups in total. The molecule has 0 aliphatic heterocycles. The van der Waals surface area contributed by atoms with Gasteiger partial charge >= 0.3 is 0 Å². The van der Waals surface area contributed by atoms with E-state index in [9.17, 15) is 0 Å². The van der Waals surface area contributed by atoms with Crippen molar-refractivity contribution < 1.29 is 0 Å². The van der Waals surface area contributed by atoms with Crippen molar-refractivity contribution in [2.24, 2.45) is 0 Å². The third-order valence-corrected chi connectivity index (χ3v) is 2.41. The fraction of sp³-hybridized carbons (Fsp3) is 0.222. The predicted octanol–water partition coefficient (Wildman–Crippen LogP) is 1.83. The van der Waals surface area contributed by atoms with E-state index in [0.29, 0.717) is 5.95 Å². The van der Waals surface area contributed by atoms with E-state index in [1.165, 1.54) is 0 Å². The highest BCUT2D eigenvalue weighted by atomic mass is 127. The van der Waals surface area contributed by atoms with Crippen LogP contribution in [0.5, 0.6) is 0 Å². The van der Waals surface area contributed by atoms with Gasteiger partial charge in [-0.2, -0.15) is 0 Å². The van der Waals surface area contributed by atoms with Gasteiger partial charge in [0.15, 0.2) is 0 Å². The minimum absolute atomic E-state index is 0.680. The molecular formula is C9H9IN4. The Bertz CT molecular complexity index is 421. The summed E-state index contributed by atoms with van der Waals surface area (Å²) in [7, 11) is 0. The van der Waals surface area contributed by atoms with Crippen LogP contribution in [-0.4, -0.2) is 19.5 Å². The Kier molecular flexibility index (Phi) is 2.76. The molecule has 2 rings (SSSR count). The topological polar surface area (TPSA) is 43.6 Å². The standard InChI is InChI=1S/C9H9IN4/c1-2-8-11-3-4-14(8)9-12-5-7(10)6-13-9/h3-6H,2H2,1H3. The molecule has 5 heteroatoms. The Labute approximate surface area is 95.6 Å². The summed E-state index contributed by atoms with van der Waals surface area (Å²) in [6, 6.07) is 0. The lowest BCUT2D eigenvalue weighted by Crippen LogP contribution is -2.03. The Morgan fingerprint density at radius 2 is 2.00 bits per heavy atom. The van der Waals surface area contributed by atoms with Crippen LogP contribution in [-0.2, 0) is 6.42 Å². The first kappa shape index (κ1) is 9.57. The van der Waals surface area contributed by atoms with E-state index in [-0.39, 0.29) is 0 Å². The van der Waals surface area contributed by atoms with Crippen LogP contribution in [0.3, 0.4) is 0 Å². The highest BCUT2D eigenvalue weighted by Crippen LogP contribution is 2.07. The summed E-state index contributed by atoms with van der Waals surface area (Å²) < 4.78 is 2.93. The Morgan fingerprint density at radius 3 is 2.64 bits per heavy atom. The van der Waals surface area contributed by atoms with Crippen molar-refractivity contribution in [2.75, 3.05) is 0 Å². The summed E-state index contributed by atoms with van der Waals surface area (Å²) in [4.78, 5) is 12.7. The molecule has 2 aromatic rings. The number of aromatic nitrogens is 4. The number of aryl methyl sites for hydroxylation is 1. The van der Waals surface area contributed by atoms with Crippen LogP contribution < -0.4 is 0 Å². The summed E-state index contributed by atoms with van der Waals surface area (Å²) >= 11 is 2.18. The van der Waals surface area contributed by atoms with Gasteiger partial charge in [0, 0.05) is 34.8 Å². The number of imidazole rings is 1. The Hall–Kier alpha value is -0.980. The largest absolute Gasteiger partial charge is 0.272 e. The second-order valence-corrected chi connectivity index (χ2v) is 4.01. The van der Waals surface area contributed by atoms with Crippen molar-refractivity contribution in [3.63, 3.8) is 0 Å². The van der Waals surface area contributed by atoms with Gasteiger partial charge in [0.05, 0.1) is 0 Å². The summed E-state index contributed by atoms with van der Waals surface area (Å²) in [6.07, 6.45) is 8.11. The van der Waals surface area contributed by atoms with Crippen LogP contribution in [0.15, 0.2) is 24.8 Å². The Balaban J connectivity index is 2.44. The smallest absolute Gasteiger partial charge is 0.235 e. The zero-order chi connectivity index (χ0) is 9.97. The maximum atomic E-state index is 4.23. The maximum Gasteiger partial charge on any atom is 0.235 e. The monoisotopic (exact) mass is 300 g/mol. The molecule has 0 unspecified atom stereocenters. The first-order chi connectivity index (χ1) is 6.81. The Morgan fingerprint density at radius 1 is 1.29 bits per heavy atom. The van der Waals surface area contributed by atoms with Crippen LogP contribution in [0.1, 0.15) is 12.7 Å². The van der Waals surface area contributed by atoms with Gasteiger partial charge in [0.2, 0.25) is 5.95 Å². The summed E-state index contributed by atoms with van der Waals surface area (Å²) in [5, 5.41) is 0. The van der Waals surface area contributed by atoms with Gasteiger partial charge in [-0.15, -0.1) is 0 Å². The van der Waals surface area contributed by atoms with Crippen molar-refractivity contribution in [2.45, 2.75) is 13.3 Å². The lowest BCUT2D eigenvalue weighted by atomic mass is 10.4. The van der Waals surface area contributed by atoms with Crippen LogP contribution in [0.25, 0.3) is 5.95 Å². The second-order valence-electron chi connectivity index (χ2n) is 2.77. The van der Waals surface area contributed by atoms with E-state index in [1.807, 2.05) is 10.8 Å². The minimum atomic E-state index is 0.680. The van der Waals surface area contributed by atoms with Crippen molar-refractivity contribution in [3.8, 4) is 5.95 Å². The van der Waals surface area contributed by atoms with Crippen LogP contribution in [0.4, 0.5) is 0 Å². The van der Waals surface area contributed by atoms with Gasteiger partial charge in [-0.05, 0) is 22.6 Å². The van der Waals surface area contributed by atoms with Crippen molar-refractivity contribution in [3.05, 3.63) is 34.2 Å². The molecule has 14 heavy (non-hydrogen) atoms. The van der Waals surface area contributed by atoms with E-state index in [4.69, 9.17) is 0 Å². The fourth-order valence-electron chi connectivity index (χ4n) is 1.21. The third-order valence-electron chi connectivity index (χ3n) is 1.86. The molecule has 0 aromatic carbocycles. The molecule has 0 radical (unpaired) electrons. The minimum Gasteiger partial charge on any atom is -0.272 e. The quantitative estimate of drug-likeness (QED) is 0.795. The van der Waals surface area contributed by atoms with Crippen molar-refractivity contribution >= 4 is 22.6 Å². The maximum absolute atomic E-state index is 4.23. The summed E-state index contributed by atoms with van der Waals surface area (Å²) in [5.74, 6) is 1.66. The average molecular weight is 300 g/mol. The number of rotatable bonds is 2. The number of hydrogen-bond donors (Lipinski definition) is 0. The summed E-state index contributed by atoms with van der Waals surface area (Å²) in [5.41, 5.74) is 0. The molecular weight excluding hydrogens is 291 g/mol. The highest BCUT2D eigenvalue weighted by molar-refractivity contribution is 14.1. The van der Waals surface area contributed by atoms with Crippen molar-refractivity contribution in [1.29, 1.82) is 0 Å². The molecule has 0 fully saturated rings. The number of hydrogen-bond acceptors (Lipinski definition) is 3. The third kappa shape index (κ3) is 1.77. The molecule has 2 heterocycles. The van der Waals surface area contributed by atoms with Gasteiger partial charge in [-0.25, -0.2) is 15.0 Å². The van der Waals surface area contributed by atoms with Crippen LogP contribution >= 0.6 is 22.6 Å². The van der Waals surface area contributed by atoms with E-state index in [0.717, 1.165) is 15.8 Å². The SMILES string of the molecule is CCc1nccn1-c1ncc(I)cn1.